The molecular formula is C18H18ClNO5S. The van der Waals surface area contributed by atoms with Crippen molar-refractivity contribution >= 4 is 33.3 Å². The smallest absolute Gasteiger partial charge is 0.307 e. The van der Waals surface area contributed by atoms with Crippen molar-refractivity contribution in [3.63, 3.8) is 0 Å². The molecule has 0 fully saturated rings. The fourth-order valence-electron chi connectivity index (χ4n) is 2.36. The molecule has 2 rings (SSSR count). The zero-order valence-electron chi connectivity index (χ0n) is 14.2. The second-order valence-corrected chi connectivity index (χ2v) is 8.05. The van der Waals surface area contributed by atoms with Crippen molar-refractivity contribution in [1.82, 2.24) is 5.32 Å². The van der Waals surface area contributed by atoms with Gasteiger partial charge in [0.25, 0.3) is 5.91 Å². The molecule has 0 aliphatic heterocycles. The number of carbonyl (C=O) groups excluding carboxylic acids is 2. The van der Waals surface area contributed by atoms with Crippen molar-refractivity contribution in [3.8, 4) is 0 Å². The summed E-state index contributed by atoms with van der Waals surface area (Å²) in [6.07, 6.45) is 0.950. The zero-order valence-corrected chi connectivity index (χ0v) is 15.8. The zero-order chi connectivity index (χ0) is 19.3. The molecule has 0 aromatic heterocycles. The van der Waals surface area contributed by atoms with Crippen LogP contribution in [0.25, 0.3) is 0 Å². The molecule has 0 aliphatic rings. The Kier molecular flexibility index (Phi) is 6.39. The quantitative estimate of drug-likeness (QED) is 0.759. The molecule has 0 aliphatic carbocycles. The molecule has 6 nitrogen and oxygen atoms in total. The third-order valence-electron chi connectivity index (χ3n) is 3.71. The predicted octanol–water partition coefficient (Wildman–Crippen LogP) is 2.78. The van der Waals surface area contributed by atoms with Crippen molar-refractivity contribution in [1.29, 1.82) is 0 Å². The summed E-state index contributed by atoms with van der Waals surface area (Å²) in [4.78, 5) is 24.3. The average molecular weight is 396 g/mol. The van der Waals surface area contributed by atoms with Crippen LogP contribution in [-0.2, 0) is 19.4 Å². The SMILES string of the molecule is COC(=O)C[C@@H](NC(=O)c1cccc(S(C)(=O)=O)c1)c1ccccc1Cl. The monoisotopic (exact) mass is 395 g/mol. The maximum atomic E-state index is 12.6. The Hall–Kier alpha value is -2.38. The van der Waals surface area contributed by atoms with E-state index in [4.69, 9.17) is 11.6 Å². The van der Waals surface area contributed by atoms with Crippen molar-refractivity contribution < 1.29 is 22.7 Å². The first-order chi connectivity index (χ1) is 12.2. The summed E-state index contributed by atoms with van der Waals surface area (Å²) in [6.45, 7) is 0. The highest BCUT2D eigenvalue weighted by atomic mass is 35.5. The molecule has 0 saturated carbocycles. The summed E-state index contributed by atoms with van der Waals surface area (Å²) >= 11 is 6.18. The molecule has 0 unspecified atom stereocenters. The lowest BCUT2D eigenvalue weighted by molar-refractivity contribution is -0.141. The molecule has 2 aromatic rings. The number of nitrogens with one attached hydrogen (secondary N) is 1. The van der Waals surface area contributed by atoms with Gasteiger partial charge in [-0.1, -0.05) is 35.9 Å². The molecule has 26 heavy (non-hydrogen) atoms. The van der Waals surface area contributed by atoms with Crippen molar-refractivity contribution in [3.05, 3.63) is 64.7 Å². The maximum Gasteiger partial charge on any atom is 0.307 e. The molecule has 1 amide bonds. The molecule has 0 bridgehead atoms. The van der Waals surface area contributed by atoms with Crippen LogP contribution in [0.5, 0.6) is 0 Å². The number of ether oxygens (including phenoxy) is 1. The van der Waals surface area contributed by atoms with Crippen molar-refractivity contribution in [2.24, 2.45) is 0 Å². The van der Waals surface area contributed by atoms with E-state index in [9.17, 15) is 18.0 Å². The molecule has 1 N–H and O–H groups in total. The number of carbonyl (C=O) groups is 2. The lowest BCUT2D eigenvalue weighted by Gasteiger charge is -2.19. The summed E-state index contributed by atoms with van der Waals surface area (Å²) < 4.78 is 28.0. The third-order valence-corrected chi connectivity index (χ3v) is 5.16. The Bertz CT molecular complexity index is 927. The molecule has 138 valence electrons. The summed E-state index contributed by atoms with van der Waals surface area (Å²) in [5, 5.41) is 3.11. The minimum Gasteiger partial charge on any atom is -0.469 e. The van der Waals surface area contributed by atoms with E-state index in [1.165, 1.54) is 31.4 Å². The number of benzene rings is 2. The summed E-state index contributed by atoms with van der Waals surface area (Å²) in [5.74, 6) is -1.04. The van der Waals surface area contributed by atoms with E-state index in [-0.39, 0.29) is 16.9 Å². The van der Waals surface area contributed by atoms with E-state index in [2.05, 4.69) is 10.1 Å². The number of hydrogen-bond donors (Lipinski definition) is 1. The van der Waals surface area contributed by atoms with Crippen LogP contribution in [0.2, 0.25) is 5.02 Å². The normalized spacial score (nSPS) is 12.3. The first-order valence-corrected chi connectivity index (χ1v) is 9.91. The van der Waals surface area contributed by atoms with E-state index >= 15 is 0 Å². The molecule has 0 heterocycles. The number of hydrogen-bond acceptors (Lipinski definition) is 5. The van der Waals surface area contributed by atoms with Crippen LogP contribution in [0.15, 0.2) is 53.4 Å². The number of amides is 1. The standard InChI is InChI=1S/C18H18ClNO5S/c1-25-17(21)11-16(14-8-3-4-9-15(14)19)20-18(22)12-6-5-7-13(10-12)26(2,23)24/h3-10,16H,11H2,1-2H3,(H,20,22)/t16-/m1/s1. The molecule has 1 atom stereocenters. The number of esters is 1. The third kappa shape index (κ3) is 5.06. The lowest BCUT2D eigenvalue weighted by Crippen LogP contribution is -2.30. The Morgan fingerprint density at radius 3 is 2.46 bits per heavy atom. The summed E-state index contributed by atoms with van der Waals surface area (Å²) in [5.41, 5.74) is 0.724. The van der Waals surface area contributed by atoms with Gasteiger partial charge in [0.15, 0.2) is 9.84 Å². The molecule has 0 saturated heterocycles. The van der Waals surface area contributed by atoms with Gasteiger partial charge in [-0.25, -0.2) is 8.42 Å². The van der Waals surface area contributed by atoms with Crippen LogP contribution in [0.4, 0.5) is 0 Å². The van der Waals surface area contributed by atoms with Gasteiger partial charge in [0.05, 0.1) is 24.5 Å². The highest BCUT2D eigenvalue weighted by molar-refractivity contribution is 7.90. The van der Waals surface area contributed by atoms with E-state index in [1.807, 2.05) is 0 Å². The Morgan fingerprint density at radius 2 is 1.85 bits per heavy atom. The first kappa shape index (κ1) is 19.9. The maximum absolute atomic E-state index is 12.6. The van der Waals surface area contributed by atoms with Gasteiger partial charge >= 0.3 is 5.97 Å². The number of rotatable bonds is 6. The molecule has 8 heteroatoms. The van der Waals surface area contributed by atoms with E-state index in [1.54, 1.807) is 24.3 Å². The fourth-order valence-corrected chi connectivity index (χ4v) is 3.29. The van der Waals surface area contributed by atoms with Crippen molar-refractivity contribution in [2.75, 3.05) is 13.4 Å². The minimum atomic E-state index is -3.44. The van der Waals surface area contributed by atoms with Gasteiger partial charge in [0, 0.05) is 16.8 Å². The van der Waals surface area contributed by atoms with Crippen LogP contribution in [0.1, 0.15) is 28.4 Å². The van der Waals surface area contributed by atoms with Gasteiger partial charge in [-0.2, -0.15) is 0 Å². The Balaban J connectivity index is 2.32. The van der Waals surface area contributed by atoms with E-state index in [0.717, 1.165) is 6.26 Å². The van der Waals surface area contributed by atoms with Gasteiger partial charge < -0.3 is 10.1 Å². The highest BCUT2D eigenvalue weighted by Crippen LogP contribution is 2.26. The highest BCUT2D eigenvalue weighted by Gasteiger charge is 2.22. The molecular weight excluding hydrogens is 378 g/mol. The number of sulfone groups is 1. The number of halogens is 1. The Labute approximate surface area is 157 Å². The van der Waals surface area contributed by atoms with Gasteiger partial charge in [-0.15, -0.1) is 0 Å². The van der Waals surface area contributed by atoms with Crippen LogP contribution >= 0.6 is 11.6 Å². The predicted molar refractivity (Wildman–Crippen MR) is 97.8 cm³/mol. The topological polar surface area (TPSA) is 89.5 Å². The number of methoxy groups -OCH3 is 1. The van der Waals surface area contributed by atoms with Crippen molar-refractivity contribution in [2.45, 2.75) is 17.4 Å². The first-order valence-electron chi connectivity index (χ1n) is 7.64. The van der Waals surface area contributed by atoms with Gasteiger partial charge in [-0.3, -0.25) is 9.59 Å². The van der Waals surface area contributed by atoms with E-state index in [0.29, 0.717) is 10.6 Å². The summed E-state index contributed by atoms with van der Waals surface area (Å²) in [7, 11) is -2.19. The van der Waals surface area contributed by atoms with Gasteiger partial charge in [-0.05, 0) is 29.8 Å². The molecule has 0 radical (unpaired) electrons. The Morgan fingerprint density at radius 1 is 1.15 bits per heavy atom. The minimum absolute atomic E-state index is 0.0346. The second-order valence-electron chi connectivity index (χ2n) is 5.63. The second kappa shape index (κ2) is 8.33. The molecule has 0 spiro atoms. The van der Waals surface area contributed by atoms with Gasteiger partial charge in [0.2, 0.25) is 0 Å². The largest absolute Gasteiger partial charge is 0.469 e. The van der Waals surface area contributed by atoms with Gasteiger partial charge in [0.1, 0.15) is 0 Å². The summed E-state index contributed by atoms with van der Waals surface area (Å²) in [6, 6.07) is 11.8. The fraction of sp³-hybridized carbons (Fsp3) is 0.222. The lowest BCUT2D eigenvalue weighted by atomic mass is 10.0. The van der Waals surface area contributed by atoms with Crippen LogP contribution < -0.4 is 5.32 Å². The van der Waals surface area contributed by atoms with Crippen LogP contribution in [0.3, 0.4) is 0 Å². The van der Waals surface area contributed by atoms with E-state index < -0.39 is 27.8 Å². The molecule has 2 aromatic carbocycles. The average Bonchev–Trinajstić information content (AvgIpc) is 2.60. The van der Waals surface area contributed by atoms with Crippen LogP contribution in [0, 0.1) is 0 Å². The van der Waals surface area contributed by atoms with Crippen LogP contribution in [-0.4, -0.2) is 33.7 Å².